The molecule has 1 heterocycles. The fraction of sp³-hybridized carbons (Fsp3) is 0.0909. The van der Waals surface area contributed by atoms with Gasteiger partial charge in [0.1, 0.15) is 6.29 Å². The summed E-state index contributed by atoms with van der Waals surface area (Å²) in [5.41, 5.74) is 2.73. The molecule has 0 N–H and O–H groups in total. The first-order valence-corrected chi connectivity index (χ1v) is 4.12. The summed E-state index contributed by atoms with van der Waals surface area (Å²) in [6.45, 7) is 2.03. The minimum atomic E-state index is 0.672. The Morgan fingerprint density at radius 3 is 2.92 bits per heavy atom. The van der Waals surface area contributed by atoms with Crippen LogP contribution in [0.5, 0.6) is 0 Å². The summed E-state index contributed by atoms with van der Waals surface area (Å²) in [5.74, 6) is 0. The number of benzene rings is 1. The van der Waals surface area contributed by atoms with Crippen LogP contribution < -0.4 is 0 Å². The summed E-state index contributed by atoms with van der Waals surface area (Å²) in [7, 11) is 0. The fourth-order valence-electron chi connectivity index (χ4n) is 1.38. The number of hydrogen-bond donors (Lipinski definition) is 0. The van der Waals surface area contributed by atoms with Gasteiger partial charge in [-0.05, 0) is 24.6 Å². The van der Waals surface area contributed by atoms with Crippen LogP contribution >= 0.6 is 0 Å². The van der Waals surface area contributed by atoms with Crippen LogP contribution in [0.1, 0.15) is 15.9 Å². The Balaban J connectivity index is 2.79. The van der Waals surface area contributed by atoms with Crippen molar-refractivity contribution in [3.05, 3.63) is 41.6 Å². The zero-order chi connectivity index (χ0) is 9.26. The van der Waals surface area contributed by atoms with Gasteiger partial charge in [0, 0.05) is 17.1 Å². The maximum Gasteiger partial charge on any atom is 0.150 e. The molecular formula is C11H9NO. The molecule has 0 atom stereocenters. The summed E-state index contributed by atoms with van der Waals surface area (Å²) in [4.78, 5) is 14.7. The minimum absolute atomic E-state index is 0.672. The van der Waals surface area contributed by atoms with Gasteiger partial charge >= 0.3 is 0 Å². The lowest BCUT2D eigenvalue weighted by atomic mass is 10.1. The first-order chi connectivity index (χ1) is 6.31. The fourth-order valence-corrected chi connectivity index (χ4v) is 1.38. The van der Waals surface area contributed by atoms with E-state index in [0.717, 1.165) is 17.2 Å². The van der Waals surface area contributed by atoms with Crippen molar-refractivity contribution in [1.29, 1.82) is 0 Å². The predicted molar refractivity (Wildman–Crippen MR) is 51.9 cm³/mol. The minimum Gasteiger partial charge on any atom is -0.298 e. The molecule has 0 saturated carbocycles. The van der Waals surface area contributed by atoms with Gasteiger partial charge in [-0.25, -0.2) is 0 Å². The Kier molecular flexibility index (Phi) is 1.81. The van der Waals surface area contributed by atoms with E-state index in [4.69, 9.17) is 0 Å². The van der Waals surface area contributed by atoms with Crippen molar-refractivity contribution < 1.29 is 4.79 Å². The first kappa shape index (κ1) is 7.92. The van der Waals surface area contributed by atoms with Gasteiger partial charge in [0.15, 0.2) is 0 Å². The Bertz CT molecular complexity index is 463. The molecular weight excluding hydrogens is 162 g/mol. The number of hydrogen-bond acceptors (Lipinski definition) is 2. The second-order valence-corrected chi connectivity index (χ2v) is 3.02. The van der Waals surface area contributed by atoms with E-state index < -0.39 is 0 Å². The van der Waals surface area contributed by atoms with Crippen LogP contribution in [0.15, 0.2) is 30.5 Å². The number of aryl methyl sites for hydroxylation is 1. The maximum atomic E-state index is 10.5. The van der Waals surface area contributed by atoms with Crippen LogP contribution in [0.25, 0.3) is 10.9 Å². The van der Waals surface area contributed by atoms with Crippen molar-refractivity contribution in [1.82, 2.24) is 4.98 Å². The molecule has 0 amide bonds. The molecule has 0 radical (unpaired) electrons. The third-order valence-electron chi connectivity index (χ3n) is 2.12. The van der Waals surface area contributed by atoms with Crippen molar-refractivity contribution in [2.24, 2.45) is 0 Å². The molecule has 0 bridgehead atoms. The summed E-state index contributed by atoms with van der Waals surface area (Å²) in [5, 5.41) is 1.10. The van der Waals surface area contributed by atoms with Crippen molar-refractivity contribution in [3.63, 3.8) is 0 Å². The second kappa shape index (κ2) is 2.98. The van der Waals surface area contributed by atoms with Gasteiger partial charge in [-0.3, -0.25) is 9.78 Å². The molecule has 13 heavy (non-hydrogen) atoms. The Morgan fingerprint density at radius 2 is 2.15 bits per heavy atom. The molecule has 0 spiro atoms. The molecule has 0 unspecified atom stereocenters. The quantitative estimate of drug-likeness (QED) is 0.616. The van der Waals surface area contributed by atoms with Gasteiger partial charge in [-0.1, -0.05) is 12.1 Å². The Morgan fingerprint density at radius 1 is 1.31 bits per heavy atom. The van der Waals surface area contributed by atoms with Gasteiger partial charge in [0.05, 0.1) is 5.52 Å². The van der Waals surface area contributed by atoms with Gasteiger partial charge in [0.2, 0.25) is 0 Å². The largest absolute Gasteiger partial charge is 0.298 e. The van der Waals surface area contributed by atoms with Crippen LogP contribution in [0, 0.1) is 6.92 Å². The van der Waals surface area contributed by atoms with E-state index in [1.165, 1.54) is 5.56 Å². The van der Waals surface area contributed by atoms with Gasteiger partial charge in [-0.15, -0.1) is 0 Å². The summed E-state index contributed by atoms with van der Waals surface area (Å²) < 4.78 is 0. The van der Waals surface area contributed by atoms with E-state index in [-0.39, 0.29) is 0 Å². The SMILES string of the molecule is Cc1ccnc2cc(C=O)ccc12. The number of pyridine rings is 1. The number of nitrogens with zero attached hydrogens (tertiary/aromatic N) is 1. The number of aldehydes is 1. The molecule has 2 heteroatoms. The lowest BCUT2D eigenvalue weighted by Gasteiger charge is -2.00. The standard InChI is InChI=1S/C11H9NO/c1-8-4-5-12-11-6-9(7-13)2-3-10(8)11/h2-7H,1H3. The number of rotatable bonds is 1. The molecule has 2 rings (SSSR count). The topological polar surface area (TPSA) is 30.0 Å². The number of carbonyl (C=O) groups is 1. The molecule has 2 nitrogen and oxygen atoms in total. The third kappa shape index (κ3) is 1.31. The van der Waals surface area contributed by atoms with E-state index in [1.54, 1.807) is 12.3 Å². The summed E-state index contributed by atoms with van der Waals surface area (Å²) in [6.07, 6.45) is 2.59. The zero-order valence-electron chi connectivity index (χ0n) is 7.32. The Labute approximate surface area is 76.2 Å². The van der Waals surface area contributed by atoms with Crippen molar-refractivity contribution in [2.75, 3.05) is 0 Å². The number of carbonyl (C=O) groups excluding carboxylic acids is 1. The number of aromatic nitrogens is 1. The second-order valence-electron chi connectivity index (χ2n) is 3.02. The van der Waals surface area contributed by atoms with E-state index in [1.807, 2.05) is 25.1 Å². The lowest BCUT2D eigenvalue weighted by molar-refractivity contribution is 0.112. The van der Waals surface area contributed by atoms with Crippen LogP contribution in [0.4, 0.5) is 0 Å². The van der Waals surface area contributed by atoms with E-state index in [0.29, 0.717) is 5.56 Å². The van der Waals surface area contributed by atoms with Gasteiger partial charge in [0.25, 0.3) is 0 Å². The molecule has 0 fully saturated rings. The van der Waals surface area contributed by atoms with Crippen molar-refractivity contribution in [2.45, 2.75) is 6.92 Å². The van der Waals surface area contributed by atoms with Crippen LogP contribution in [-0.4, -0.2) is 11.3 Å². The normalized spacial score (nSPS) is 10.2. The van der Waals surface area contributed by atoms with Gasteiger partial charge in [-0.2, -0.15) is 0 Å². The number of fused-ring (bicyclic) bond motifs is 1. The maximum absolute atomic E-state index is 10.5. The molecule has 0 saturated heterocycles. The smallest absolute Gasteiger partial charge is 0.150 e. The third-order valence-corrected chi connectivity index (χ3v) is 2.12. The van der Waals surface area contributed by atoms with Gasteiger partial charge < -0.3 is 0 Å². The summed E-state index contributed by atoms with van der Waals surface area (Å²) >= 11 is 0. The highest BCUT2D eigenvalue weighted by atomic mass is 16.1. The highest BCUT2D eigenvalue weighted by molar-refractivity contribution is 5.88. The molecule has 1 aromatic carbocycles. The van der Waals surface area contributed by atoms with E-state index in [2.05, 4.69) is 4.98 Å². The van der Waals surface area contributed by atoms with Crippen molar-refractivity contribution >= 4 is 17.2 Å². The van der Waals surface area contributed by atoms with E-state index >= 15 is 0 Å². The molecule has 2 aromatic rings. The molecule has 0 aliphatic heterocycles. The first-order valence-electron chi connectivity index (χ1n) is 4.12. The van der Waals surface area contributed by atoms with Crippen molar-refractivity contribution in [3.8, 4) is 0 Å². The monoisotopic (exact) mass is 171 g/mol. The average molecular weight is 171 g/mol. The average Bonchev–Trinajstić information content (AvgIpc) is 2.18. The highest BCUT2D eigenvalue weighted by Crippen LogP contribution is 2.16. The lowest BCUT2D eigenvalue weighted by Crippen LogP contribution is -1.85. The highest BCUT2D eigenvalue weighted by Gasteiger charge is 1.98. The van der Waals surface area contributed by atoms with Crippen LogP contribution in [0.3, 0.4) is 0 Å². The van der Waals surface area contributed by atoms with Crippen LogP contribution in [0.2, 0.25) is 0 Å². The zero-order valence-corrected chi connectivity index (χ0v) is 7.32. The van der Waals surface area contributed by atoms with Crippen LogP contribution in [-0.2, 0) is 0 Å². The Hall–Kier alpha value is -1.70. The molecule has 64 valence electrons. The predicted octanol–water partition coefficient (Wildman–Crippen LogP) is 2.36. The summed E-state index contributed by atoms with van der Waals surface area (Å²) in [6, 6.07) is 7.50. The molecule has 0 aliphatic carbocycles. The van der Waals surface area contributed by atoms with E-state index in [9.17, 15) is 4.79 Å². The molecule has 0 aliphatic rings. The molecule has 1 aromatic heterocycles.